The van der Waals surface area contributed by atoms with E-state index in [1.807, 2.05) is 0 Å². The summed E-state index contributed by atoms with van der Waals surface area (Å²) < 4.78 is 16.2. The van der Waals surface area contributed by atoms with Crippen molar-refractivity contribution in [3.63, 3.8) is 0 Å². The van der Waals surface area contributed by atoms with Crippen molar-refractivity contribution in [1.29, 1.82) is 0 Å². The molecule has 0 aliphatic rings. The fraction of sp³-hybridized carbons (Fsp3) is 0.0909. The Hall–Kier alpha value is -2.93. The van der Waals surface area contributed by atoms with Crippen LogP contribution in [0.5, 0.6) is 11.5 Å². The van der Waals surface area contributed by atoms with Gasteiger partial charge in [0.1, 0.15) is 17.0 Å². The molecular formula is C22H15Cl3N2O4. The van der Waals surface area contributed by atoms with Crippen molar-refractivity contribution in [2.45, 2.75) is 0 Å². The van der Waals surface area contributed by atoms with Gasteiger partial charge in [0.05, 0.1) is 29.8 Å². The van der Waals surface area contributed by atoms with Gasteiger partial charge in [-0.1, -0.05) is 34.8 Å². The second kappa shape index (κ2) is 8.67. The van der Waals surface area contributed by atoms with Crippen molar-refractivity contribution in [3.05, 3.63) is 69.2 Å². The zero-order chi connectivity index (χ0) is 22.1. The van der Waals surface area contributed by atoms with E-state index in [1.165, 1.54) is 19.2 Å². The second-order valence-electron chi connectivity index (χ2n) is 6.47. The second-order valence-corrected chi connectivity index (χ2v) is 7.72. The predicted molar refractivity (Wildman–Crippen MR) is 122 cm³/mol. The fourth-order valence-corrected chi connectivity index (χ4v) is 3.89. The maximum Gasteiger partial charge on any atom is 0.259 e. The summed E-state index contributed by atoms with van der Waals surface area (Å²) >= 11 is 18.4. The molecule has 0 saturated carbocycles. The first kappa shape index (κ1) is 21.3. The molecule has 0 saturated heterocycles. The number of aromatic nitrogens is 1. The van der Waals surface area contributed by atoms with Crippen LogP contribution >= 0.6 is 34.8 Å². The number of nitrogens with zero attached hydrogens (tertiary/aromatic N) is 1. The van der Waals surface area contributed by atoms with Crippen LogP contribution in [0.3, 0.4) is 0 Å². The molecule has 0 aliphatic heterocycles. The van der Waals surface area contributed by atoms with Gasteiger partial charge in [0.2, 0.25) is 5.89 Å². The average Bonchev–Trinajstić information content (AvgIpc) is 3.16. The number of ether oxygens (including phenoxy) is 2. The lowest BCUT2D eigenvalue weighted by Crippen LogP contribution is -2.13. The summed E-state index contributed by atoms with van der Waals surface area (Å²) in [7, 11) is 2.98. The van der Waals surface area contributed by atoms with E-state index in [0.29, 0.717) is 44.0 Å². The highest BCUT2D eigenvalue weighted by Gasteiger charge is 2.18. The number of amides is 1. The maximum atomic E-state index is 12.8. The third-order valence-electron chi connectivity index (χ3n) is 4.50. The van der Waals surface area contributed by atoms with Gasteiger partial charge >= 0.3 is 0 Å². The van der Waals surface area contributed by atoms with E-state index in [9.17, 15) is 4.79 Å². The van der Waals surface area contributed by atoms with E-state index in [4.69, 9.17) is 48.7 Å². The van der Waals surface area contributed by atoms with Gasteiger partial charge < -0.3 is 19.2 Å². The van der Waals surface area contributed by atoms with Crippen LogP contribution in [0.1, 0.15) is 10.4 Å². The molecule has 1 N–H and O–H groups in total. The minimum atomic E-state index is -0.425. The Bertz CT molecular complexity index is 1300. The molecule has 4 rings (SSSR count). The number of rotatable bonds is 5. The molecule has 1 heterocycles. The summed E-state index contributed by atoms with van der Waals surface area (Å²) in [4.78, 5) is 17.3. The van der Waals surface area contributed by atoms with Gasteiger partial charge in [-0.2, -0.15) is 0 Å². The van der Waals surface area contributed by atoms with Crippen molar-refractivity contribution < 1.29 is 18.7 Å². The SMILES string of the molecule is COc1ccc(-c2nc3cc(NC(=O)c4cc(Cl)cc(Cl)c4OC)ccc3o2)cc1Cl. The van der Waals surface area contributed by atoms with E-state index in [0.717, 1.165) is 0 Å². The minimum absolute atomic E-state index is 0.216. The molecule has 0 spiro atoms. The van der Waals surface area contributed by atoms with Gasteiger partial charge in [0.15, 0.2) is 5.58 Å². The lowest BCUT2D eigenvalue weighted by atomic mass is 10.1. The molecule has 0 fully saturated rings. The third-order valence-corrected chi connectivity index (χ3v) is 5.30. The molecule has 0 bridgehead atoms. The molecule has 6 nitrogen and oxygen atoms in total. The van der Waals surface area contributed by atoms with Crippen LogP contribution < -0.4 is 14.8 Å². The van der Waals surface area contributed by atoms with Crippen LogP contribution in [0.25, 0.3) is 22.6 Å². The largest absolute Gasteiger partial charge is 0.495 e. The molecule has 1 amide bonds. The summed E-state index contributed by atoms with van der Waals surface area (Å²) in [6.07, 6.45) is 0. The van der Waals surface area contributed by atoms with E-state index < -0.39 is 5.91 Å². The maximum absolute atomic E-state index is 12.8. The predicted octanol–water partition coefficient (Wildman–Crippen LogP) is 6.72. The van der Waals surface area contributed by atoms with Crippen molar-refractivity contribution >= 4 is 57.5 Å². The molecule has 4 aromatic rings. The Morgan fingerprint density at radius 2 is 1.77 bits per heavy atom. The third kappa shape index (κ3) is 4.28. The zero-order valence-corrected chi connectivity index (χ0v) is 18.6. The van der Waals surface area contributed by atoms with E-state index in [2.05, 4.69) is 10.3 Å². The Kier molecular flexibility index (Phi) is 5.96. The summed E-state index contributed by atoms with van der Waals surface area (Å²) in [6, 6.07) is 13.4. The van der Waals surface area contributed by atoms with Gasteiger partial charge in [0, 0.05) is 16.3 Å². The molecule has 158 valence electrons. The Morgan fingerprint density at radius 1 is 0.968 bits per heavy atom. The first-order chi connectivity index (χ1) is 14.9. The van der Waals surface area contributed by atoms with Gasteiger partial charge in [0.25, 0.3) is 5.91 Å². The smallest absolute Gasteiger partial charge is 0.259 e. The van der Waals surface area contributed by atoms with E-state index in [-0.39, 0.29) is 16.3 Å². The molecule has 0 aliphatic carbocycles. The molecule has 31 heavy (non-hydrogen) atoms. The number of carbonyl (C=O) groups excluding carboxylic acids is 1. The quantitative estimate of drug-likeness (QED) is 0.345. The van der Waals surface area contributed by atoms with Gasteiger partial charge in [-0.25, -0.2) is 4.98 Å². The van der Waals surface area contributed by atoms with Gasteiger partial charge in [-0.05, 0) is 48.5 Å². The number of oxazole rings is 1. The Labute approximate surface area is 192 Å². The number of fused-ring (bicyclic) bond motifs is 1. The molecule has 9 heteroatoms. The highest BCUT2D eigenvalue weighted by Crippen LogP contribution is 2.34. The van der Waals surface area contributed by atoms with Gasteiger partial charge in [-0.15, -0.1) is 0 Å². The Balaban J connectivity index is 1.63. The zero-order valence-electron chi connectivity index (χ0n) is 16.3. The number of hydrogen-bond donors (Lipinski definition) is 1. The van der Waals surface area contributed by atoms with Crippen LogP contribution in [-0.4, -0.2) is 25.1 Å². The number of nitrogens with one attached hydrogen (secondary N) is 1. The molecule has 0 radical (unpaired) electrons. The summed E-state index contributed by atoms with van der Waals surface area (Å²) in [6.45, 7) is 0. The number of hydrogen-bond acceptors (Lipinski definition) is 5. The van der Waals surface area contributed by atoms with Crippen molar-refractivity contribution in [3.8, 4) is 23.0 Å². The lowest BCUT2D eigenvalue weighted by Gasteiger charge is -2.11. The highest BCUT2D eigenvalue weighted by atomic mass is 35.5. The number of methoxy groups -OCH3 is 2. The summed E-state index contributed by atoms with van der Waals surface area (Å²) in [5.41, 5.74) is 2.56. The monoisotopic (exact) mass is 476 g/mol. The minimum Gasteiger partial charge on any atom is -0.495 e. The molecule has 0 atom stereocenters. The lowest BCUT2D eigenvalue weighted by molar-refractivity contribution is 0.102. The number of carbonyl (C=O) groups is 1. The van der Waals surface area contributed by atoms with Crippen LogP contribution in [0.2, 0.25) is 15.1 Å². The van der Waals surface area contributed by atoms with Crippen molar-refractivity contribution in [1.82, 2.24) is 4.98 Å². The molecular weight excluding hydrogens is 463 g/mol. The van der Waals surface area contributed by atoms with Crippen LogP contribution in [0.15, 0.2) is 52.9 Å². The fourth-order valence-electron chi connectivity index (χ4n) is 3.06. The van der Waals surface area contributed by atoms with Crippen LogP contribution in [-0.2, 0) is 0 Å². The normalized spacial score (nSPS) is 10.9. The van der Waals surface area contributed by atoms with Crippen molar-refractivity contribution in [2.75, 3.05) is 19.5 Å². The average molecular weight is 478 g/mol. The first-order valence-electron chi connectivity index (χ1n) is 8.98. The van der Waals surface area contributed by atoms with E-state index in [1.54, 1.807) is 43.5 Å². The summed E-state index contributed by atoms with van der Waals surface area (Å²) in [5, 5.41) is 3.82. The van der Waals surface area contributed by atoms with Crippen molar-refractivity contribution in [2.24, 2.45) is 0 Å². The van der Waals surface area contributed by atoms with Crippen LogP contribution in [0.4, 0.5) is 5.69 Å². The Morgan fingerprint density at radius 3 is 2.48 bits per heavy atom. The molecule has 3 aromatic carbocycles. The topological polar surface area (TPSA) is 73.6 Å². The number of halogens is 3. The number of benzene rings is 3. The molecule has 1 aromatic heterocycles. The summed E-state index contributed by atoms with van der Waals surface area (Å²) in [5.74, 6) is 0.769. The standard InChI is InChI=1S/C22H15Cl3N2O4/c1-29-18-5-3-11(7-15(18)24)22-27-17-10-13(4-6-19(17)31-22)26-21(28)14-8-12(23)9-16(25)20(14)30-2/h3-10H,1-2H3,(H,26,28). The highest BCUT2D eigenvalue weighted by molar-refractivity contribution is 6.36. The van der Waals surface area contributed by atoms with Gasteiger partial charge in [-0.3, -0.25) is 4.79 Å². The van der Waals surface area contributed by atoms with Crippen LogP contribution in [0, 0.1) is 0 Å². The number of anilines is 1. The van der Waals surface area contributed by atoms with E-state index >= 15 is 0 Å². The molecule has 0 unspecified atom stereocenters. The first-order valence-corrected chi connectivity index (χ1v) is 10.1.